The minimum atomic E-state index is -0.350. The first-order valence-corrected chi connectivity index (χ1v) is 6.50. The van der Waals surface area contributed by atoms with E-state index in [1.165, 1.54) is 6.07 Å². The molecular weight excluding hydrogens is 264 g/mol. The predicted octanol–water partition coefficient (Wildman–Crippen LogP) is 2.26. The maximum atomic E-state index is 12.1. The van der Waals surface area contributed by atoms with E-state index in [2.05, 4.69) is 17.2 Å². The van der Waals surface area contributed by atoms with E-state index < -0.39 is 0 Å². The first kappa shape index (κ1) is 14.6. The summed E-state index contributed by atoms with van der Waals surface area (Å²) in [7, 11) is 0. The Hall–Kier alpha value is -2.77. The molecule has 4 nitrogen and oxygen atoms in total. The Kier molecular flexibility index (Phi) is 4.60. The number of benzene rings is 2. The third-order valence-electron chi connectivity index (χ3n) is 2.96. The van der Waals surface area contributed by atoms with Gasteiger partial charge >= 0.3 is 0 Å². The molecule has 0 saturated heterocycles. The standard InChI is InChI=1S/C17H16N2O2/c1-12-11-13(5-4-10-18)8-9-15(12)19-17(21)14-6-2-3-7-16(14)20/h2-3,6-9,11,20H,10,18H2,1H3,(H,19,21). The zero-order valence-electron chi connectivity index (χ0n) is 11.7. The molecule has 4 N–H and O–H groups in total. The zero-order chi connectivity index (χ0) is 15.2. The lowest BCUT2D eigenvalue weighted by molar-refractivity contribution is 0.102. The molecule has 4 heteroatoms. The van der Waals surface area contributed by atoms with E-state index in [-0.39, 0.29) is 17.2 Å². The summed E-state index contributed by atoms with van der Waals surface area (Å²) in [5.74, 6) is 5.33. The van der Waals surface area contributed by atoms with Gasteiger partial charge in [0.25, 0.3) is 5.91 Å². The number of nitrogens with one attached hydrogen (secondary N) is 1. The van der Waals surface area contributed by atoms with Crippen molar-refractivity contribution in [3.8, 4) is 17.6 Å². The Balaban J connectivity index is 2.20. The number of rotatable bonds is 2. The number of carbonyl (C=O) groups excluding carboxylic acids is 1. The van der Waals surface area contributed by atoms with Crippen LogP contribution in [0.15, 0.2) is 42.5 Å². The highest BCUT2D eigenvalue weighted by Crippen LogP contribution is 2.20. The first-order valence-electron chi connectivity index (χ1n) is 6.50. The summed E-state index contributed by atoms with van der Waals surface area (Å²) in [6, 6.07) is 11.9. The van der Waals surface area contributed by atoms with Gasteiger partial charge in [-0.15, -0.1) is 0 Å². The lowest BCUT2D eigenvalue weighted by atomic mass is 10.1. The molecule has 1 amide bonds. The molecule has 0 aromatic heterocycles. The molecule has 0 aliphatic heterocycles. The normalized spacial score (nSPS) is 9.62. The summed E-state index contributed by atoms with van der Waals surface area (Å²) in [6.45, 7) is 2.19. The first-order chi connectivity index (χ1) is 10.1. The third-order valence-corrected chi connectivity index (χ3v) is 2.96. The van der Waals surface area contributed by atoms with Crippen molar-refractivity contribution >= 4 is 11.6 Å². The number of nitrogens with two attached hydrogens (primary N) is 1. The third kappa shape index (κ3) is 3.62. The maximum absolute atomic E-state index is 12.1. The largest absolute Gasteiger partial charge is 0.507 e. The van der Waals surface area contributed by atoms with Gasteiger partial charge in [0, 0.05) is 11.3 Å². The summed E-state index contributed by atoms with van der Waals surface area (Å²) in [5, 5.41) is 12.5. The van der Waals surface area contributed by atoms with Gasteiger partial charge in [0.05, 0.1) is 12.1 Å². The van der Waals surface area contributed by atoms with Crippen LogP contribution < -0.4 is 11.1 Å². The highest BCUT2D eigenvalue weighted by atomic mass is 16.3. The summed E-state index contributed by atoms with van der Waals surface area (Å²) >= 11 is 0. The zero-order valence-corrected chi connectivity index (χ0v) is 11.7. The number of phenolic OH excluding ortho intramolecular Hbond substituents is 1. The summed E-state index contributed by atoms with van der Waals surface area (Å²) < 4.78 is 0. The number of carbonyl (C=O) groups is 1. The average molecular weight is 280 g/mol. The molecular formula is C17H16N2O2. The minimum Gasteiger partial charge on any atom is -0.507 e. The number of aryl methyl sites for hydroxylation is 1. The second-order valence-electron chi connectivity index (χ2n) is 4.51. The minimum absolute atomic E-state index is 0.0434. The van der Waals surface area contributed by atoms with Crippen LogP contribution >= 0.6 is 0 Å². The summed E-state index contributed by atoms with van der Waals surface area (Å²) in [6.07, 6.45) is 0. The molecule has 0 spiro atoms. The number of amides is 1. The van der Waals surface area contributed by atoms with E-state index in [9.17, 15) is 9.90 Å². The predicted molar refractivity (Wildman–Crippen MR) is 83.2 cm³/mol. The number of hydrogen-bond donors (Lipinski definition) is 3. The fourth-order valence-corrected chi connectivity index (χ4v) is 1.89. The summed E-state index contributed by atoms with van der Waals surface area (Å²) in [4.78, 5) is 12.1. The SMILES string of the molecule is Cc1cc(C#CCN)ccc1NC(=O)c1ccccc1O. The fraction of sp³-hybridized carbons (Fsp3) is 0.118. The van der Waals surface area contributed by atoms with E-state index in [1.807, 2.05) is 19.1 Å². The molecule has 106 valence electrons. The fourth-order valence-electron chi connectivity index (χ4n) is 1.89. The van der Waals surface area contributed by atoms with Crippen molar-refractivity contribution in [2.45, 2.75) is 6.92 Å². The topological polar surface area (TPSA) is 75.3 Å². The van der Waals surface area contributed by atoms with Gasteiger partial charge in [-0.05, 0) is 42.8 Å². The van der Waals surface area contributed by atoms with Crippen LogP contribution in [0.1, 0.15) is 21.5 Å². The van der Waals surface area contributed by atoms with Crippen LogP contribution in [0.4, 0.5) is 5.69 Å². The lowest BCUT2D eigenvalue weighted by Gasteiger charge is -2.09. The molecule has 0 fully saturated rings. The molecule has 0 heterocycles. The lowest BCUT2D eigenvalue weighted by Crippen LogP contribution is -2.12. The Morgan fingerprint density at radius 1 is 1.29 bits per heavy atom. The smallest absolute Gasteiger partial charge is 0.259 e. The van der Waals surface area contributed by atoms with Gasteiger partial charge in [0.2, 0.25) is 0 Å². The van der Waals surface area contributed by atoms with E-state index in [0.29, 0.717) is 12.2 Å². The average Bonchev–Trinajstić information content (AvgIpc) is 2.48. The van der Waals surface area contributed by atoms with Crippen LogP contribution in [-0.4, -0.2) is 17.6 Å². The van der Waals surface area contributed by atoms with E-state index >= 15 is 0 Å². The monoisotopic (exact) mass is 280 g/mol. The number of aromatic hydroxyl groups is 1. The highest BCUT2D eigenvalue weighted by molar-refractivity contribution is 6.06. The maximum Gasteiger partial charge on any atom is 0.259 e. The van der Waals surface area contributed by atoms with Gasteiger partial charge < -0.3 is 16.2 Å². The molecule has 21 heavy (non-hydrogen) atoms. The molecule has 0 saturated carbocycles. The van der Waals surface area contributed by atoms with Crippen LogP contribution in [0.3, 0.4) is 0 Å². The van der Waals surface area contributed by atoms with Gasteiger partial charge in [-0.3, -0.25) is 4.79 Å². The molecule has 2 rings (SSSR count). The molecule has 0 unspecified atom stereocenters. The molecule has 0 aliphatic rings. The van der Waals surface area contributed by atoms with Gasteiger partial charge in [0.1, 0.15) is 5.75 Å². The second-order valence-corrected chi connectivity index (χ2v) is 4.51. The van der Waals surface area contributed by atoms with E-state index in [0.717, 1.165) is 11.1 Å². The Morgan fingerprint density at radius 3 is 2.71 bits per heavy atom. The van der Waals surface area contributed by atoms with Gasteiger partial charge in [-0.2, -0.15) is 0 Å². The van der Waals surface area contributed by atoms with Crippen LogP contribution in [0.5, 0.6) is 5.75 Å². The molecule has 0 aliphatic carbocycles. The Labute approximate surface area is 123 Å². The molecule has 0 radical (unpaired) electrons. The highest BCUT2D eigenvalue weighted by Gasteiger charge is 2.11. The number of anilines is 1. The Morgan fingerprint density at radius 2 is 2.05 bits per heavy atom. The van der Waals surface area contributed by atoms with Crippen molar-refractivity contribution in [3.05, 3.63) is 59.2 Å². The van der Waals surface area contributed by atoms with Crippen molar-refractivity contribution < 1.29 is 9.90 Å². The number of hydrogen-bond acceptors (Lipinski definition) is 3. The van der Waals surface area contributed by atoms with Crippen molar-refractivity contribution in [1.82, 2.24) is 0 Å². The molecule has 0 atom stereocenters. The van der Waals surface area contributed by atoms with Crippen LogP contribution in [-0.2, 0) is 0 Å². The van der Waals surface area contributed by atoms with Crippen LogP contribution in [0.2, 0.25) is 0 Å². The van der Waals surface area contributed by atoms with Gasteiger partial charge in [0.15, 0.2) is 0 Å². The van der Waals surface area contributed by atoms with E-state index in [4.69, 9.17) is 5.73 Å². The number of phenols is 1. The van der Waals surface area contributed by atoms with Crippen LogP contribution in [0, 0.1) is 18.8 Å². The molecule has 0 bridgehead atoms. The number of para-hydroxylation sites is 1. The van der Waals surface area contributed by atoms with Crippen molar-refractivity contribution in [3.63, 3.8) is 0 Å². The molecule has 2 aromatic carbocycles. The van der Waals surface area contributed by atoms with Crippen molar-refractivity contribution in [2.24, 2.45) is 5.73 Å². The summed E-state index contributed by atoms with van der Waals surface area (Å²) in [5.41, 5.74) is 7.99. The van der Waals surface area contributed by atoms with Gasteiger partial charge in [-0.25, -0.2) is 0 Å². The van der Waals surface area contributed by atoms with Crippen molar-refractivity contribution in [1.29, 1.82) is 0 Å². The molecule has 2 aromatic rings. The Bertz CT molecular complexity index is 727. The van der Waals surface area contributed by atoms with Crippen molar-refractivity contribution in [2.75, 3.05) is 11.9 Å². The van der Waals surface area contributed by atoms with Gasteiger partial charge in [-0.1, -0.05) is 24.0 Å². The quantitative estimate of drug-likeness (QED) is 0.739. The van der Waals surface area contributed by atoms with Crippen LogP contribution in [0.25, 0.3) is 0 Å². The second kappa shape index (κ2) is 6.60. The van der Waals surface area contributed by atoms with E-state index in [1.54, 1.807) is 24.3 Å².